The molecule has 3 heteroatoms. The summed E-state index contributed by atoms with van der Waals surface area (Å²) >= 11 is 0. The first-order valence-corrected chi connectivity index (χ1v) is 4.67. The van der Waals surface area contributed by atoms with E-state index in [2.05, 4.69) is 17.9 Å². The molecule has 12 heavy (non-hydrogen) atoms. The van der Waals surface area contributed by atoms with Crippen LogP contribution in [0.15, 0.2) is 0 Å². The molecular formula is C9H17N3. The number of hydrogen-bond donors (Lipinski definition) is 1. The molecule has 1 fully saturated rings. The Morgan fingerprint density at radius 1 is 1.75 bits per heavy atom. The van der Waals surface area contributed by atoms with Crippen molar-refractivity contribution in [3.63, 3.8) is 0 Å². The van der Waals surface area contributed by atoms with E-state index in [0.29, 0.717) is 6.04 Å². The first-order valence-electron chi connectivity index (χ1n) is 4.67. The summed E-state index contributed by atoms with van der Waals surface area (Å²) in [6.07, 6.45) is 3.71. The molecule has 2 atom stereocenters. The van der Waals surface area contributed by atoms with Crippen LogP contribution in [0.1, 0.15) is 26.2 Å². The van der Waals surface area contributed by atoms with Crippen LogP contribution in [0.3, 0.4) is 0 Å². The summed E-state index contributed by atoms with van der Waals surface area (Å²) in [5.74, 6) is 0. The lowest BCUT2D eigenvalue weighted by Crippen LogP contribution is -2.39. The summed E-state index contributed by atoms with van der Waals surface area (Å²) < 4.78 is 0. The Kier molecular flexibility index (Phi) is 3.51. The largest absolute Gasteiger partial charge is 0.315 e. The Morgan fingerprint density at radius 2 is 2.50 bits per heavy atom. The molecule has 68 valence electrons. The van der Waals surface area contributed by atoms with Crippen LogP contribution in [0, 0.1) is 11.3 Å². The van der Waals surface area contributed by atoms with Crippen molar-refractivity contribution < 1.29 is 0 Å². The third-order valence-electron chi connectivity index (χ3n) is 2.57. The van der Waals surface area contributed by atoms with E-state index < -0.39 is 0 Å². The molecule has 0 aromatic heterocycles. The zero-order chi connectivity index (χ0) is 8.97. The molecule has 2 unspecified atom stereocenters. The zero-order valence-electron chi connectivity index (χ0n) is 7.66. The predicted octanol–water partition coefficient (Wildman–Crippen LogP) is 0.712. The lowest BCUT2D eigenvalue weighted by molar-refractivity contribution is 0.244. The second-order valence-corrected chi connectivity index (χ2v) is 3.43. The van der Waals surface area contributed by atoms with E-state index in [9.17, 15) is 0 Å². The van der Waals surface area contributed by atoms with Gasteiger partial charge in [0.2, 0.25) is 0 Å². The van der Waals surface area contributed by atoms with Gasteiger partial charge in [-0.05, 0) is 25.8 Å². The fourth-order valence-corrected chi connectivity index (χ4v) is 1.89. The summed E-state index contributed by atoms with van der Waals surface area (Å²) in [7, 11) is 0. The Hall–Kier alpha value is -0.590. The highest BCUT2D eigenvalue weighted by atomic mass is 15.2. The maximum Gasteiger partial charge on any atom is 0.106 e. The van der Waals surface area contributed by atoms with Crippen molar-refractivity contribution in [2.45, 2.75) is 38.3 Å². The lowest BCUT2D eigenvalue weighted by Gasteiger charge is -2.23. The Labute approximate surface area is 74.1 Å². The SMILES string of the molecule is CCC1CCCN1CC(N)C#N. The second-order valence-electron chi connectivity index (χ2n) is 3.43. The molecule has 0 aromatic carbocycles. The third-order valence-corrected chi connectivity index (χ3v) is 2.57. The van der Waals surface area contributed by atoms with Gasteiger partial charge in [0, 0.05) is 12.6 Å². The molecule has 0 radical (unpaired) electrons. The van der Waals surface area contributed by atoms with Crippen molar-refractivity contribution in [2.24, 2.45) is 5.73 Å². The van der Waals surface area contributed by atoms with Crippen LogP contribution in [-0.2, 0) is 0 Å². The van der Waals surface area contributed by atoms with Crippen LogP contribution in [0.25, 0.3) is 0 Å². The number of likely N-dealkylation sites (tertiary alicyclic amines) is 1. The van der Waals surface area contributed by atoms with Gasteiger partial charge in [-0.1, -0.05) is 6.92 Å². The van der Waals surface area contributed by atoms with Crippen LogP contribution in [0.4, 0.5) is 0 Å². The van der Waals surface area contributed by atoms with Crippen molar-refractivity contribution in [3.05, 3.63) is 0 Å². The molecule has 3 nitrogen and oxygen atoms in total. The van der Waals surface area contributed by atoms with E-state index in [4.69, 9.17) is 11.0 Å². The smallest absolute Gasteiger partial charge is 0.106 e. The molecule has 2 N–H and O–H groups in total. The van der Waals surface area contributed by atoms with Crippen LogP contribution in [-0.4, -0.2) is 30.1 Å². The quantitative estimate of drug-likeness (QED) is 0.673. The highest BCUT2D eigenvalue weighted by Gasteiger charge is 2.23. The van der Waals surface area contributed by atoms with Crippen molar-refractivity contribution in [1.82, 2.24) is 4.90 Å². The standard InChI is InChI=1S/C9H17N3/c1-2-9-4-3-5-12(9)7-8(11)6-10/h8-9H,2-5,7,11H2,1H3. The van der Waals surface area contributed by atoms with Gasteiger partial charge in [-0.25, -0.2) is 0 Å². The molecule has 0 aliphatic carbocycles. The van der Waals surface area contributed by atoms with Gasteiger partial charge >= 0.3 is 0 Å². The number of nitrogens with zero attached hydrogens (tertiary/aromatic N) is 2. The molecule has 0 aromatic rings. The minimum atomic E-state index is -0.308. The second kappa shape index (κ2) is 4.44. The van der Waals surface area contributed by atoms with Crippen molar-refractivity contribution >= 4 is 0 Å². The van der Waals surface area contributed by atoms with Gasteiger partial charge in [0.15, 0.2) is 0 Å². The molecular weight excluding hydrogens is 150 g/mol. The van der Waals surface area contributed by atoms with E-state index >= 15 is 0 Å². The minimum absolute atomic E-state index is 0.308. The average Bonchev–Trinajstić information content (AvgIpc) is 2.51. The maximum atomic E-state index is 8.55. The summed E-state index contributed by atoms with van der Waals surface area (Å²) in [6, 6.07) is 2.44. The molecule has 1 heterocycles. The maximum absolute atomic E-state index is 8.55. The normalized spacial score (nSPS) is 26.9. The van der Waals surface area contributed by atoms with Crippen LogP contribution in [0.5, 0.6) is 0 Å². The van der Waals surface area contributed by atoms with Crippen LogP contribution in [0.2, 0.25) is 0 Å². The van der Waals surface area contributed by atoms with Gasteiger partial charge in [-0.15, -0.1) is 0 Å². The molecule has 1 aliphatic heterocycles. The van der Waals surface area contributed by atoms with Crippen LogP contribution < -0.4 is 5.73 Å². The van der Waals surface area contributed by atoms with Gasteiger partial charge in [0.05, 0.1) is 6.07 Å². The Bertz CT molecular complexity index is 173. The molecule has 0 amide bonds. The van der Waals surface area contributed by atoms with E-state index in [-0.39, 0.29) is 6.04 Å². The van der Waals surface area contributed by atoms with Gasteiger partial charge < -0.3 is 5.73 Å². The van der Waals surface area contributed by atoms with E-state index in [0.717, 1.165) is 13.1 Å². The van der Waals surface area contributed by atoms with Gasteiger partial charge in [-0.2, -0.15) is 5.26 Å². The molecule has 0 spiro atoms. The van der Waals surface area contributed by atoms with E-state index in [1.807, 2.05) is 0 Å². The van der Waals surface area contributed by atoms with Crippen molar-refractivity contribution in [2.75, 3.05) is 13.1 Å². The van der Waals surface area contributed by atoms with E-state index in [1.54, 1.807) is 0 Å². The van der Waals surface area contributed by atoms with Crippen molar-refractivity contribution in [1.29, 1.82) is 5.26 Å². The molecule has 0 bridgehead atoms. The Balaban J connectivity index is 2.36. The molecule has 1 saturated heterocycles. The molecule has 0 saturated carbocycles. The lowest BCUT2D eigenvalue weighted by atomic mass is 10.1. The number of nitrogens with two attached hydrogens (primary N) is 1. The van der Waals surface area contributed by atoms with Gasteiger partial charge in [0.1, 0.15) is 6.04 Å². The predicted molar refractivity (Wildman–Crippen MR) is 48.5 cm³/mol. The molecule has 1 rings (SSSR count). The average molecular weight is 167 g/mol. The zero-order valence-corrected chi connectivity index (χ0v) is 7.66. The molecule has 1 aliphatic rings. The highest BCUT2D eigenvalue weighted by Crippen LogP contribution is 2.19. The minimum Gasteiger partial charge on any atom is -0.315 e. The fourth-order valence-electron chi connectivity index (χ4n) is 1.89. The summed E-state index contributed by atoms with van der Waals surface area (Å²) in [6.45, 7) is 4.06. The monoisotopic (exact) mass is 167 g/mol. The van der Waals surface area contributed by atoms with Gasteiger partial charge in [0.25, 0.3) is 0 Å². The summed E-state index contributed by atoms with van der Waals surface area (Å²) in [4.78, 5) is 2.34. The van der Waals surface area contributed by atoms with Gasteiger partial charge in [-0.3, -0.25) is 4.90 Å². The number of hydrogen-bond acceptors (Lipinski definition) is 3. The van der Waals surface area contributed by atoms with Crippen molar-refractivity contribution in [3.8, 4) is 6.07 Å². The third kappa shape index (κ3) is 2.20. The first kappa shape index (κ1) is 9.50. The fraction of sp³-hybridized carbons (Fsp3) is 0.889. The first-order chi connectivity index (χ1) is 5.77. The number of nitriles is 1. The summed E-state index contributed by atoms with van der Waals surface area (Å²) in [5, 5.41) is 8.55. The van der Waals surface area contributed by atoms with E-state index in [1.165, 1.54) is 19.3 Å². The van der Waals surface area contributed by atoms with Crippen LogP contribution >= 0.6 is 0 Å². The summed E-state index contributed by atoms with van der Waals surface area (Å²) in [5.41, 5.74) is 5.57. The Morgan fingerprint density at radius 3 is 3.08 bits per heavy atom. The topological polar surface area (TPSA) is 53.0 Å². The number of rotatable bonds is 3. The highest BCUT2D eigenvalue weighted by molar-refractivity contribution is 4.91.